The summed E-state index contributed by atoms with van der Waals surface area (Å²) in [6.45, 7) is 0.568. The second-order valence-corrected chi connectivity index (χ2v) is 11.2. The zero-order valence-corrected chi connectivity index (χ0v) is 21.5. The van der Waals surface area contributed by atoms with Crippen LogP contribution in [0.2, 0.25) is 5.02 Å². The predicted octanol–water partition coefficient (Wildman–Crippen LogP) is 4.50. The van der Waals surface area contributed by atoms with Gasteiger partial charge in [-0.3, -0.25) is 9.10 Å². The molecular weight excluding hydrogens is 527 g/mol. The minimum absolute atomic E-state index is 0.0672. The van der Waals surface area contributed by atoms with E-state index in [9.17, 15) is 17.6 Å². The second kappa shape index (κ2) is 11.9. The summed E-state index contributed by atoms with van der Waals surface area (Å²) in [5, 5.41) is 3.43. The van der Waals surface area contributed by atoms with Gasteiger partial charge in [0.25, 0.3) is 10.0 Å². The summed E-state index contributed by atoms with van der Waals surface area (Å²) in [7, 11) is -4.17. The third kappa shape index (κ3) is 6.63. The van der Waals surface area contributed by atoms with Gasteiger partial charge in [-0.1, -0.05) is 23.7 Å². The number of halogens is 2. The Morgan fingerprint density at radius 1 is 1.00 bits per heavy atom. The molecule has 1 heterocycles. The summed E-state index contributed by atoms with van der Waals surface area (Å²) in [5.41, 5.74) is 1.28. The Kier molecular flexibility index (Phi) is 8.60. The molecule has 0 spiro atoms. The Morgan fingerprint density at radius 3 is 2.42 bits per heavy atom. The number of hydrogen-bond donors (Lipinski definition) is 1. The fourth-order valence-corrected chi connectivity index (χ4v) is 5.84. The van der Waals surface area contributed by atoms with Gasteiger partial charge in [0.1, 0.15) is 25.6 Å². The van der Waals surface area contributed by atoms with Crippen molar-refractivity contribution >= 4 is 45.0 Å². The minimum Gasteiger partial charge on any atom is -0.486 e. The van der Waals surface area contributed by atoms with Gasteiger partial charge in [0.2, 0.25) is 5.91 Å². The molecule has 0 unspecified atom stereocenters. The summed E-state index contributed by atoms with van der Waals surface area (Å²) in [6.07, 6.45) is 0. The number of nitrogens with one attached hydrogen (secondary N) is 1. The zero-order valence-electron chi connectivity index (χ0n) is 19.2. The molecule has 190 valence electrons. The van der Waals surface area contributed by atoms with Crippen molar-refractivity contribution < 1.29 is 27.1 Å². The molecule has 1 N–H and O–H groups in total. The van der Waals surface area contributed by atoms with E-state index in [0.717, 1.165) is 27.8 Å². The average Bonchev–Trinajstić information content (AvgIpc) is 2.88. The predicted molar refractivity (Wildman–Crippen MR) is 139 cm³/mol. The fraction of sp³-hybridized carbons (Fsp3) is 0.240. The van der Waals surface area contributed by atoms with Gasteiger partial charge in [-0.15, -0.1) is 0 Å². The maximum atomic E-state index is 13.5. The number of rotatable bonds is 10. The lowest BCUT2D eigenvalue weighted by Crippen LogP contribution is -2.41. The topological polar surface area (TPSA) is 84.9 Å². The maximum Gasteiger partial charge on any atom is 0.264 e. The second-order valence-electron chi connectivity index (χ2n) is 7.82. The van der Waals surface area contributed by atoms with E-state index in [4.69, 9.17) is 21.1 Å². The molecule has 0 saturated heterocycles. The molecule has 3 aromatic rings. The molecule has 1 aliphatic rings. The number of thioether (sulfide) groups is 1. The van der Waals surface area contributed by atoms with Crippen molar-refractivity contribution in [2.45, 2.75) is 10.6 Å². The highest BCUT2D eigenvalue weighted by atomic mass is 35.5. The maximum absolute atomic E-state index is 13.5. The van der Waals surface area contributed by atoms with Crippen LogP contribution in [0.3, 0.4) is 0 Å². The zero-order chi connectivity index (χ0) is 25.5. The molecule has 3 aromatic carbocycles. The molecule has 11 heteroatoms. The highest BCUT2D eigenvalue weighted by Gasteiger charge is 2.29. The number of fused-ring (bicyclic) bond motifs is 1. The van der Waals surface area contributed by atoms with E-state index in [1.165, 1.54) is 30.3 Å². The van der Waals surface area contributed by atoms with Gasteiger partial charge in [0.05, 0.1) is 10.6 Å². The highest BCUT2D eigenvalue weighted by molar-refractivity contribution is 7.98. The number of ether oxygens (including phenoxy) is 2. The lowest BCUT2D eigenvalue weighted by atomic mass is 10.2. The quantitative estimate of drug-likeness (QED) is 0.374. The van der Waals surface area contributed by atoms with Crippen LogP contribution in [0.5, 0.6) is 11.5 Å². The molecule has 0 fully saturated rings. The van der Waals surface area contributed by atoms with Gasteiger partial charge in [-0.05, 0) is 54.1 Å². The minimum atomic E-state index is -4.17. The van der Waals surface area contributed by atoms with Crippen molar-refractivity contribution in [3.63, 3.8) is 0 Å². The summed E-state index contributed by atoms with van der Waals surface area (Å²) >= 11 is 7.52. The van der Waals surface area contributed by atoms with Crippen LogP contribution < -0.4 is 19.1 Å². The molecule has 1 aliphatic heterocycles. The van der Waals surface area contributed by atoms with E-state index < -0.39 is 28.3 Å². The number of benzene rings is 3. The SMILES string of the molecule is O=C(CN(c1ccc(F)cc1)S(=O)(=O)c1ccc2c(c1)OCCO2)NCCSCc1ccc(Cl)cc1. The summed E-state index contributed by atoms with van der Waals surface area (Å²) in [4.78, 5) is 12.6. The molecule has 0 aromatic heterocycles. The Labute approximate surface area is 218 Å². The average molecular weight is 551 g/mol. The van der Waals surface area contributed by atoms with Crippen molar-refractivity contribution in [1.82, 2.24) is 5.32 Å². The van der Waals surface area contributed by atoms with E-state index in [1.807, 2.05) is 24.3 Å². The molecule has 4 rings (SSSR count). The summed E-state index contributed by atoms with van der Waals surface area (Å²) in [6, 6.07) is 16.7. The Balaban J connectivity index is 1.42. The standard InChI is InChI=1S/C25H24ClFN2O5S2/c26-19-3-1-18(2-4-19)17-35-14-11-28-25(30)16-29(21-7-5-20(27)6-8-21)36(31,32)22-9-10-23-24(15-22)34-13-12-33-23/h1-10,15H,11-14,16-17H2,(H,28,30). The third-order valence-electron chi connectivity index (χ3n) is 5.25. The van der Waals surface area contributed by atoms with Crippen LogP contribution in [-0.4, -0.2) is 46.4 Å². The molecule has 0 saturated carbocycles. The van der Waals surface area contributed by atoms with Crippen LogP contribution in [0.15, 0.2) is 71.6 Å². The number of sulfonamides is 1. The number of amides is 1. The van der Waals surface area contributed by atoms with Gasteiger partial charge in [-0.2, -0.15) is 11.8 Å². The van der Waals surface area contributed by atoms with Crippen LogP contribution >= 0.6 is 23.4 Å². The molecule has 1 amide bonds. The first-order valence-corrected chi connectivity index (χ1v) is 14.1. The molecule has 7 nitrogen and oxygen atoms in total. The Morgan fingerprint density at radius 2 is 1.69 bits per heavy atom. The lowest BCUT2D eigenvalue weighted by molar-refractivity contribution is -0.119. The van der Waals surface area contributed by atoms with Gasteiger partial charge >= 0.3 is 0 Å². The first-order chi connectivity index (χ1) is 17.3. The van der Waals surface area contributed by atoms with Crippen LogP contribution in [0, 0.1) is 5.82 Å². The number of carbonyl (C=O) groups excluding carboxylic acids is 1. The van der Waals surface area contributed by atoms with Crippen molar-refractivity contribution in [2.75, 3.05) is 36.4 Å². The van der Waals surface area contributed by atoms with Crippen molar-refractivity contribution in [3.8, 4) is 11.5 Å². The molecule has 0 aliphatic carbocycles. The normalized spacial score (nSPS) is 12.7. The van der Waals surface area contributed by atoms with E-state index in [1.54, 1.807) is 11.8 Å². The van der Waals surface area contributed by atoms with E-state index in [2.05, 4.69) is 5.32 Å². The van der Waals surface area contributed by atoms with Crippen LogP contribution in [0.25, 0.3) is 0 Å². The molecular formula is C25H24ClFN2O5S2. The highest BCUT2D eigenvalue weighted by Crippen LogP contribution is 2.34. The smallest absolute Gasteiger partial charge is 0.264 e. The molecule has 0 bridgehead atoms. The number of hydrogen-bond acceptors (Lipinski definition) is 6. The van der Waals surface area contributed by atoms with Crippen molar-refractivity contribution in [1.29, 1.82) is 0 Å². The summed E-state index contributed by atoms with van der Waals surface area (Å²) in [5.74, 6) is 1.16. The Bertz CT molecular complexity index is 1310. The van der Waals surface area contributed by atoms with Gasteiger partial charge in [0, 0.05) is 29.1 Å². The van der Waals surface area contributed by atoms with Crippen molar-refractivity contribution in [2.24, 2.45) is 0 Å². The lowest BCUT2D eigenvalue weighted by Gasteiger charge is -2.25. The molecule has 0 atom stereocenters. The van der Waals surface area contributed by atoms with Crippen LogP contribution in [0.4, 0.5) is 10.1 Å². The van der Waals surface area contributed by atoms with Crippen LogP contribution in [0.1, 0.15) is 5.56 Å². The fourth-order valence-electron chi connectivity index (χ4n) is 3.45. The number of carbonyl (C=O) groups is 1. The van der Waals surface area contributed by atoms with Gasteiger partial charge in [0.15, 0.2) is 11.5 Å². The van der Waals surface area contributed by atoms with E-state index in [-0.39, 0.29) is 10.6 Å². The first-order valence-electron chi connectivity index (χ1n) is 11.1. The third-order valence-corrected chi connectivity index (χ3v) is 8.31. The summed E-state index contributed by atoms with van der Waals surface area (Å²) < 4.78 is 52.5. The largest absolute Gasteiger partial charge is 0.486 e. The van der Waals surface area contributed by atoms with Crippen molar-refractivity contribution in [3.05, 3.63) is 83.1 Å². The Hall–Kier alpha value is -2.95. The van der Waals surface area contributed by atoms with Crippen LogP contribution in [-0.2, 0) is 20.6 Å². The molecule has 36 heavy (non-hydrogen) atoms. The number of anilines is 1. The monoisotopic (exact) mass is 550 g/mol. The first kappa shape index (κ1) is 26.1. The van der Waals surface area contributed by atoms with E-state index >= 15 is 0 Å². The van der Waals surface area contributed by atoms with Gasteiger partial charge < -0.3 is 14.8 Å². The number of nitrogens with zero attached hydrogens (tertiary/aromatic N) is 1. The van der Waals surface area contributed by atoms with E-state index in [0.29, 0.717) is 42.0 Å². The molecule has 0 radical (unpaired) electrons. The van der Waals surface area contributed by atoms with Gasteiger partial charge in [-0.25, -0.2) is 12.8 Å².